The Kier molecular flexibility index (Phi) is 5.30. The maximum Gasteiger partial charge on any atom is 0.305 e. The first-order valence-electron chi connectivity index (χ1n) is 8.25. The molecule has 6 nitrogen and oxygen atoms in total. The lowest BCUT2D eigenvalue weighted by Gasteiger charge is -2.17. The number of benzene rings is 2. The Balaban J connectivity index is 1.84. The highest BCUT2D eigenvalue weighted by Gasteiger charge is 2.23. The third kappa shape index (κ3) is 4.38. The van der Waals surface area contributed by atoms with Crippen molar-refractivity contribution < 1.29 is 23.5 Å². The number of hydrogen-bond donors (Lipinski definition) is 2. The van der Waals surface area contributed by atoms with Gasteiger partial charge in [0.05, 0.1) is 12.5 Å². The molecule has 2 N–H and O–H groups in total. The summed E-state index contributed by atoms with van der Waals surface area (Å²) in [5.41, 5.74) is 1.28. The molecule has 1 amide bonds. The van der Waals surface area contributed by atoms with E-state index in [0.29, 0.717) is 17.2 Å². The first kappa shape index (κ1) is 18.3. The van der Waals surface area contributed by atoms with Gasteiger partial charge in [-0.05, 0) is 36.8 Å². The molecule has 0 saturated heterocycles. The molecule has 0 spiro atoms. The zero-order chi connectivity index (χ0) is 19.4. The summed E-state index contributed by atoms with van der Waals surface area (Å²) in [5.74, 6) is -1.48. The van der Waals surface area contributed by atoms with Gasteiger partial charge in [0.1, 0.15) is 11.6 Å². The summed E-state index contributed by atoms with van der Waals surface area (Å²) in [6.45, 7) is 1.61. The van der Waals surface area contributed by atoms with Gasteiger partial charge in [-0.3, -0.25) is 9.59 Å². The zero-order valence-electron chi connectivity index (χ0n) is 14.5. The van der Waals surface area contributed by atoms with Gasteiger partial charge in [-0.25, -0.2) is 9.37 Å². The number of aromatic nitrogens is 1. The van der Waals surface area contributed by atoms with Crippen LogP contribution in [0.1, 0.15) is 34.3 Å². The number of aliphatic carboxylic acids is 1. The number of carbonyl (C=O) groups excluding carboxylic acids is 1. The molecule has 0 unspecified atom stereocenters. The van der Waals surface area contributed by atoms with Crippen LogP contribution in [0.4, 0.5) is 4.39 Å². The SMILES string of the molecule is Cc1oc(-c2ccccc2)nc1C(=O)N[C@@H](CC(=O)O)c1ccc(F)cc1. The van der Waals surface area contributed by atoms with Gasteiger partial charge in [0.15, 0.2) is 5.69 Å². The van der Waals surface area contributed by atoms with E-state index < -0.39 is 23.7 Å². The van der Waals surface area contributed by atoms with Crippen LogP contribution < -0.4 is 5.32 Å². The number of carboxylic acids is 1. The zero-order valence-corrected chi connectivity index (χ0v) is 14.5. The Labute approximate surface area is 154 Å². The topological polar surface area (TPSA) is 92.4 Å². The Hall–Kier alpha value is -3.48. The second-order valence-electron chi connectivity index (χ2n) is 5.97. The van der Waals surface area contributed by atoms with Crippen LogP contribution in [0, 0.1) is 12.7 Å². The molecule has 0 bridgehead atoms. The summed E-state index contributed by atoms with van der Waals surface area (Å²) in [5, 5.41) is 11.8. The molecule has 0 aliphatic heterocycles. The second-order valence-corrected chi connectivity index (χ2v) is 5.97. The lowest BCUT2D eigenvalue weighted by molar-refractivity contribution is -0.137. The van der Waals surface area contributed by atoms with E-state index in [0.717, 1.165) is 5.56 Å². The number of nitrogens with zero attached hydrogens (tertiary/aromatic N) is 1. The summed E-state index contributed by atoms with van der Waals surface area (Å²) in [4.78, 5) is 28.0. The van der Waals surface area contributed by atoms with E-state index in [4.69, 9.17) is 9.52 Å². The molecule has 2 aromatic carbocycles. The average Bonchev–Trinajstić information content (AvgIpc) is 3.04. The van der Waals surface area contributed by atoms with Gasteiger partial charge >= 0.3 is 5.97 Å². The summed E-state index contributed by atoms with van der Waals surface area (Å²) in [7, 11) is 0. The average molecular weight is 368 g/mol. The van der Waals surface area contributed by atoms with Gasteiger partial charge in [-0.2, -0.15) is 0 Å². The van der Waals surface area contributed by atoms with E-state index >= 15 is 0 Å². The summed E-state index contributed by atoms with van der Waals surface area (Å²) >= 11 is 0. The van der Waals surface area contributed by atoms with E-state index in [-0.39, 0.29) is 12.1 Å². The van der Waals surface area contributed by atoms with E-state index in [1.54, 1.807) is 19.1 Å². The van der Waals surface area contributed by atoms with Crippen LogP contribution in [0.15, 0.2) is 59.0 Å². The third-order valence-electron chi connectivity index (χ3n) is 3.99. The lowest BCUT2D eigenvalue weighted by Crippen LogP contribution is -2.30. The van der Waals surface area contributed by atoms with E-state index in [1.165, 1.54) is 24.3 Å². The van der Waals surface area contributed by atoms with Crippen molar-refractivity contribution >= 4 is 11.9 Å². The van der Waals surface area contributed by atoms with Crippen molar-refractivity contribution in [3.8, 4) is 11.5 Å². The first-order chi connectivity index (χ1) is 12.9. The van der Waals surface area contributed by atoms with E-state index in [2.05, 4.69) is 10.3 Å². The number of oxazole rings is 1. The maximum atomic E-state index is 13.1. The standard InChI is InChI=1S/C20H17FN2O4/c1-12-18(23-20(27-12)14-5-3-2-4-6-14)19(26)22-16(11-17(24)25)13-7-9-15(21)10-8-13/h2-10,16H,11H2,1H3,(H,22,26)(H,24,25)/t16-/m0/s1. The molecule has 27 heavy (non-hydrogen) atoms. The Morgan fingerprint density at radius 2 is 1.81 bits per heavy atom. The highest BCUT2D eigenvalue weighted by molar-refractivity contribution is 5.94. The lowest BCUT2D eigenvalue weighted by atomic mass is 10.0. The van der Waals surface area contributed by atoms with Crippen LogP contribution in [0.2, 0.25) is 0 Å². The number of carbonyl (C=O) groups is 2. The second kappa shape index (κ2) is 7.82. The van der Waals surface area contributed by atoms with Gasteiger partial charge in [-0.15, -0.1) is 0 Å². The quantitative estimate of drug-likeness (QED) is 0.691. The molecule has 0 fully saturated rings. The minimum absolute atomic E-state index is 0.0753. The van der Waals surface area contributed by atoms with Crippen LogP contribution in [0.25, 0.3) is 11.5 Å². The Morgan fingerprint density at radius 3 is 2.44 bits per heavy atom. The molecule has 1 aromatic heterocycles. The summed E-state index contributed by atoms with van der Waals surface area (Å²) in [6, 6.07) is 13.6. The monoisotopic (exact) mass is 368 g/mol. The van der Waals surface area contributed by atoms with Crippen LogP contribution in [-0.2, 0) is 4.79 Å². The third-order valence-corrected chi connectivity index (χ3v) is 3.99. The van der Waals surface area contributed by atoms with Gasteiger partial charge in [0, 0.05) is 5.56 Å². The van der Waals surface area contributed by atoms with Gasteiger partial charge < -0.3 is 14.8 Å². The minimum Gasteiger partial charge on any atom is -0.481 e. The van der Waals surface area contributed by atoms with E-state index in [1.807, 2.05) is 18.2 Å². The number of hydrogen-bond acceptors (Lipinski definition) is 4. The van der Waals surface area contributed by atoms with Crippen molar-refractivity contribution in [3.05, 3.63) is 77.4 Å². The number of nitrogens with one attached hydrogen (secondary N) is 1. The molecular formula is C20H17FN2O4. The van der Waals surface area contributed by atoms with E-state index in [9.17, 15) is 14.0 Å². The number of aryl methyl sites for hydroxylation is 1. The summed E-state index contributed by atoms with van der Waals surface area (Å²) in [6.07, 6.45) is -0.347. The van der Waals surface area contributed by atoms with Gasteiger partial charge in [0.25, 0.3) is 5.91 Å². The molecule has 0 aliphatic carbocycles. The molecule has 3 rings (SSSR count). The largest absolute Gasteiger partial charge is 0.481 e. The highest BCUT2D eigenvalue weighted by atomic mass is 19.1. The first-order valence-corrected chi connectivity index (χ1v) is 8.25. The normalized spacial score (nSPS) is 11.8. The molecular weight excluding hydrogens is 351 g/mol. The van der Waals surface area contributed by atoms with Crippen molar-refractivity contribution in [2.45, 2.75) is 19.4 Å². The van der Waals surface area contributed by atoms with Crippen molar-refractivity contribution in [3.63, 3.8) is 0 Å². The number of halogens is 1. The van der Waals surface area contributed by atoms with Crippen LogP contribution in [-0.4, -0.2) is 22.0 Å². The molecule has 0 aliphatic rings. The fourth-order valence-corrected chi connectivity index (χ4v) is 2.66. The molecule has 0 radical (unpaired) electrons. The number of carboxylic acid groups (broad SMARTS) is 1. The molecule has 1 heterocycles. The number of rotatable bonds is 6. The Bertz CT molecular complexity index is 952. The van der Waals surface area contributed by atoms with Crippen molar-refractivity contribution in [2.75, 3.05) is 0 Å². The summed E-state index contributed by atoms with van der Waals surface area (Å²) < 4.78 is 18.7. The molecule has 3 aromatic rings. The smallest absolute Gasteiger partial charge is 0.305 e. The molecule has 7 heteroatoms. The fraction of sp³-hybridized carbons (Fsp3) is 0.150. The van der Waals surface area contributed by atoms with Crippen LogP contribution >= 0.6 is 0 Å². The molecule has 1 atom stereocenters. The Morgan fingerprint density at radius 1 is 1.15 bits per heavy atom. The molecule has 0 saturated carbocycles. The number of amides is 1. The highest BCUT2D eigenvalue weighted by Crippen LogP contribution is 2.23. The predicted octanol–water partition coefficient (Wildman–Crippen LogP) is 3.73. The molecule has 138 valence electrons. The minimum atomic E-state index is -1.09. The van der Waals surface area contributed by atoms with Gasteiger partial charge in [0.2, 0.25) is 5.89 Å². The maximum absolute atomic E-state index is 13.1. The van der Waals surface area contributed by atoms with Crippen molar-refractivity contribution in [1.82, 2.24) is 10.3 Å². The van der Waals surface area contributed by atoms with Crippen molar-refractivity contribution in [1.29, 1.82) is 0 Å². The van der Waals surface area contributed by atoms with Crippen molar-refractivity contribution in [2.24, 2.45) is 0 Å². The van der Waals surface area contributed by atoms with Gasteiger partial charge in [-0.1, -0.05) is 30.3 Å². The van der Waals surface area contributed by atoms with Crippen LogP contribution in [0.3, 0.4) is 0 Å². The predicted molar refractivity (Wildman–Crippen MR) is 95.5 cm³/mol. The fourth-order valence-electron chi connectivity index (χ4n) is 2.66. The van der Waals surface area contributed by atoms with Crippen LogP contribution in [0.5, 0.6) is 0 Å².